The Labute approximate surface area is 124 Å². The highest BCUT2D eigenvalue weighted by Crippen LogP contribution is 2.22. The molecule has 1 amide bonds. The Bertz CT molecular complexity index is 777. The normalized spacial score (nSPS) is 12.2. The number of hydrogen-bond acceptors (Lipinski definition) is 5. The first kappa shape index (κ1) is 17.8. The van der Waals surface area contributed by atoms with Crippen LogP contribution in [0, 0.1) is 11.6 Å². The highest BCUT2D eigenvalue weighted by molar-refractivity contribution is 8.13. The van der Waals surface area contributed by atoms with Crippen LogP contribution in [0.2, 0.25) is 0 Å². The summed E-state index contributed by atoms with van der Waals surface area (Å²) in [5.74, 6) is -4.20. The van der Waals surface area contributed by atoms with Gasteiger partial charge in [-0.2, -0.15) is 0 Å². The van der Waals surface area contributed by atoms with Crippen molar-refractivity contribution in [3.8, 4) is 0 Å². The van der Waals surface area contributed by atoms with Gasteiger partial charge < -0.3 is 5.32 Å². The highest BCUT2D eigenvalue weighted by atomic mass is 35.7. The van der Waals surface area contributed by atoms with Crippen LogP contribution < -0.4 is 5.32 Å². The summed E-state index contributed by atoms with van der Waals surface area (Å²) in [6.45, 7) is -0.308. The second-order valence-electron chi connectivity index (χ2n) is 4.09. The van der Waals surface area contributed by atoms with E-state index in [1.165, 1.54) is 0 Å². The fourth-order valence-electron chi connectivity index (χ4n) is 1.34. The molecule has 1 rings (SSSR count). The molecule has 118 valence electrons. The lowest BCUT2D eigenvalue weighted by atomic mass is 10.2. The molecule has 0 unspecified atom stereocenters. The van der Waals surface area contributed by atoms with Gasteiger partial charge >= 0.3 is 0 Å². The predicted molar refractivity (Wildman–Crippen MR) is 71.4 cm³/mol. The van der Waals surface area contributed by atoms with E-state index in [2.05, 4.69) is 5.32 Å². The molecule has 0 bridgehead atoms. The molecule has 0 fully saturated rings. The van der Waals surface area contributed by atoms with Crippen molar-refractivity contribution in [2.45, 2.75) is 4.90 Å². The van der Waals surface area contributed by atoms with E-state index in [0.29, 0.717) is 6.07 Å². The molecular weight excluding hydrogens is 352 g/mol. The number of rotatable bonds is 5. The molecule has 6 nitrogen and oxygen atoms in total. The number of nitrogens with one attached hydrogen (secondary N) is 1. The molecule has 0 saturated carbocycles. The third-order valence-corrected chi connectivity index (χ3v) is 4.57. The number of halogens is 3. The summed E-state index contributed by atoms with van der Waals surface area (Å²) in [5, 5.41) is 2.08. The number of carbonyl (C=O) groups is 1. The Morgan fingerprint density at radius 2 is 1.76 bits per heavy atom. The van der Waals surface area contributed by atoms with Crippen molar-refractivity contribution in [1.29, 1.82) is 0 Å². The predicted octanol–water partition coefficient (Wildman–Crippen LogP) is 0.667. The van der Waals surface area contributed by atoms with Crippen molar-refractivity contribution >= 4 is 35.5 Å². The van der Waals surface area contributed by atoms with Gasteiger partial charge in [0, 0.05) is 29.5 Å². The average molecular weight is 362 g/mol. The molecule has 1 N–H and O–H groups in total. The van der Waals surface area contributed by atoms with E-state index in [1.54, 1.807) is 0 Å². The van der Waals surface area contributed by atoms with Gasteiger partial charge in [-0.15, -0.1) is 0 Å². The Morgan fingerprint density at radius 3 is 2.24 bits per heavy atom. The van der Waals surface area contributed by atoms with Crippen molar-refractivity contribution in [3.63, 3.8) is 0 Å². The SMILES string of the molecule is CS(=O)(=O)CCNC(=O)c1cc(S(=O)(=O)Cl)c(F)cc1F. The second kappa shape index (κ2) is 6.24. The maximum Gasteiger partial charge on any atom is 0.264 e. The molecule has 0 saturated heterocycles. The maximum absolute atomic E-state index is 13.5. The zero-order chi connectivity index (χ0) is 16.4. The molecule has 0 spiro atoms. The van der Waals surface area contributed by atoms with Gasteiger partial charge in [0.2, 0.25) is 0 Å². The minimum atomic E-state index is -4.50. The van der Waals surface area contributed by atoms with Crippen LogP contribution in [0.1, 0.15) is 10.4 Å². The largest absolute Gasteiger partial charge is 0.351 e. The first-order valence-corrected chi connectivity index (χ1v) is 9.68. The number of amides is 1. The summed E-state index contributed by atoms with van der Waals surface area (Å²) in [6, 6.07) is 0.656. The summed E-state index contributed by atoms with van der Waals surface area (Å²) < 4.78 is 70.7. The number of carbonyl (C=O) groups excluding carboxylic acids is 1. The first-order valence-electron chi connectivity index (χ1n) is 5.31. The standard InChI is InChI=1S/C10H10ClF2NO5S2/c1-20(16,17)3-2-14-10(15)6-4-9(21(11,18)19)8(13)5-7(6)12/h4-5H,2-3H2,1H3,(H,14,15). The Balaban J connectivity index is 3.05. The summed E-state index contributed by atoms with van der Waals surface area (Å²) >= 11 is 0. The second-order valence-corrected chi connectivity index (χ2v) is 8.88. The van der Waals surface area contributed by atoms with Crippen LogP contribution >= 0.6 is 10.7 Å². The Kier molecular flexibility index (Phi) is 5.29. The van der Waals surface area contributed by atoms with Crippen molar-refractivity contribution in [3.05, 3.63) is 29.3 Å². The summed E-state index contributed by atoms with van der Waals surface area (Å²) in [6.07, 6.45) is 0.940. The van der Waals surface area contributed by atoms with Crippen molar-refractivity contribution in [2.24, 2.45) is 0 Å². The Hall–Kier alpha value is -1.26. The zero-order valence-corrected chi connectivity index (χ0v) is 12.9. The molecule has 0 aliphatic rings. The molecule has 0 heterocycles. The van der Waals surface area contributed by atoms with Gasteiger partial charge in [-0.25, -0.2) is 25.6 Å². The Morgan fingerprint density at radius 1 is 1.19 bits per heavy atom. The molecule has 0 aliphatic carbocycles. The zero-order valence-electron chi connectivity index (χ0n) is 10.6. The molecule has 21 heavy (non-hydrogen) atoms. The van der Waals surface area contributed by atoms with Gasteiger partial charge in [-0.05, 0) is 6.07 Å². The molecule has 1 aromatic rings. The summed E-state index contributed by atoms with van der Waals surface area (Å²) in [7, 11) is -2.88. The van der Waals surface area contributed by atoms with Gasteiger partial charge in [-0.3, -0.25) is 4.79 Å². The molecule has 1 aromatic carbocycles. The fourth-order valence-corrected chi connectivity index (χ4v) is 2.71. The fraction of sp³-hybridized carbons (Fsp3) is 0.300. The van der Waals surface area contributed by atoms with E-state index < -0.39 is 46.9 Å². The lowest BCUT2D eigenvalue weighted by Gasteiger charge is -2.07. The third-order valence-electron chi connectivity index (χ3n) is 2.29. The van der Waals surface area contributed by atoms with Crippen LogP contribution in [-0.4, -0.2) is 41.3 Å². The van der Waals surface area contributed by atoms with Crippen LogP contribution in [0.3, 0.4) is 0 Å². The van der Waals surface area contributed by atoms with Gasteiger partial charge in [0.15, 0.2) is 0 Å². The summed E-state index contributed by atoms with van der Waals surface area (Å²) in [5.41, 5.74) is -0.760. The topological polar surface area (TPSA) is 97.4 Å². The van der Waals surface area contributed by atoms with E-state index in [1.807, 2.05) is 0 Å². The number of sulfone groups is 1. The van der Waals surface area contributed by atoms with Gasteiger partial charge in [0.25, 0.3) is 15.0 Å². The van der Waals surface area contributed by atoms with Crippen LogP contribution in [0.5, 0.6) is 0 Å². The number of hydrogen-bond donors (Lipinski definition) is 1. The van der Waals surface area contributed by atoms with Crippen LogP contribution in [0.15, 0.2) is 17.0 Å². The average Bonchev–Trinajstić information content (AvgIpc) is 2.24. The molecule has 0 atom stereocenters. The lowest BCUT2D eigenvalue weighted by Crippen LogP contribution is -2.29. The molecule has 0 aromatic heterocycles. The smallest absolute Gasteiger partial charge is 0.264 e. The van der Waals surface area contributed by atoms with E-state index >= 15 is 0 Å². The van der Waals surface area contributed by atoms with E-state index in [-0.39, 0.29) is 18.4 Å². The minimum absolute atomic E-state index is 0.209. The maximum atomic E-state index is 13.5. The monoisotopic (exact) mass is 361 g/mol. The number of benzene rings is 1. The van der Waals surface area contributed by atoms with E-state index in [0.717, 1.165) is 6.26 Å². The molecule has 0 radical (unpaired) electrons. The van der Waals surface area contributed by atoms with E-state index in [4.69, 9.17) is 10.7 Å². The molecule has 11 heteroatoms. The van der Waals surface area contributed by atoms with Crippen molar-refractivity contribution in [1.82, 2.24) is 5.32 Å². The lowest BCUT2D eigenvalue weighted by molar-refractivity contribution is 0.0951. The van der Waals surface area contributed by atoms with Crippen LogP contribution in [-0.2, 0) is 18.9 Å². The summed E-state index contributed by atoms with van der Waals surface area (Å²) in [4.78, 5) is 10.6. The molecule has 0 aliphatic heterocycles. The first-order chi connectivity index (χ1) is 9.42. The quantitative estimate of drug-likeness (QED) is 0.777. The van der Waals surface area contributed by atoms with E-state index in [9.17, 15) is 30.4 Å². The van der Waals surface area contributed by atoms with Gasteiger partial charge in [0.1, 0.15) is 26.4 Å². The van der Waals surface area contributed by atoms with Gasteiger partial charge in [-0.1, -0.05) is 0 Å². The van der Waals surface area contributed by atoms with Crippen LogP contribution in [0.25, 0.3) is 0 Å². The van der Waals surface area contributed by atoms with Crippen molar-refractivity contribution < 1.29 is 30.4 Å². The highest BCUT2D eigenvalue weighted by Gasteiger charge is 2.22. The third kappa shape index (κ3) is 5.21. The van der Waals surface area contributed by atoms with Gasteiger partial charge in [0.05, 0.1) is 11.3 Å². The molecular formula is C10H10ClF2NO5S2. The van der Waals surface area contributed by atoms with Crippen LogP contribution in [0.4, 0.5) is 8.78 Å². The minimum Gasteiger partial charge on any atom is -0.351 e. The van der Waals surface area contributed by atoms with Crippen molar-refractivity contribution in [2.75, 3.05) is 18.6 Å².